The molecule has 106 valence electrons. The van der Waals surface area contributed by atoms with Crippen molar-refractivity contribution in [1.29, 1.82) is 0 Å². The molecule has 1 atom stereocenters. The summed E-state index contributed by atoms with van der Waals surface area (Å²) in [6, 6.07) is 3.24. The van der Waals surface area contributed by atoms with Gasteiger partial charge in [-0.25, -0.2) is 0 Å². The molecule has 1 N–H and O–H groups in total. The fourth-order valence-electron chi connectivity index (χ4n) is 1.98. The molecule has 7 heteroatoms. The van der Waals surface area contributed by atoms with Crippen molar-refractivity contribution in [2.45, 2.75) is 6.42 Å². The van der Waals surface area contributed by atoms with Gasteiger partial charge in [0, 0.05) is 17.5 Å². The van der Waals surface area contributed by atoms with Crippen LogP contribution in [-0.2, 0) is 20.7 Å². The summed E-state index contributed by atoms with van der Waals surface area (Å²) in [7, 11) is -1.94. The van der Waals surface area contributed by atoms with Crippen LogP contribution >= 0.6 is 0 Å². The molecule has 1 aromatic rings. The van der Waals surface area contributed by atoms with Crippen LogP contribution in [0, 0.1) is 5.92 Å². The lowest BCUT2D eigenvalue weighted by molar-refractivity contribution is 0.158. The van der Waals surface area contributed by atoms with Gasteiger partial charge < -0.3 is 14.6 Å². The Balaban J connectivity index is 2.12. The van der Waals surface area contributed by atoms with E-state index in [9.17, 15) is 13.5 Å². The second-order valence-corrected chi connectivity index (χ2v) is 6.15. The molecule has 0 fully saturated rings. The van der Waals surface area contributed by atoms with E-state index in [4.69, 9.17) is 13.7 Å². The summed E-state index contributed by atoms with van der Waals surface area (Å²) >= 11 is 0. The number of hydrogen-bond donors (Lipinski definition) is 1. The van der Waals surface area contributed by atoms with Crippen molar-refractivity contribution in [3.63, 3.8) is 0 Å². The zero-order valence-corrected chi connectivity index (χ0v) is 11.6. The van der Waals surface area contributed by atoms with Crippen LogP contribution in [-0.4, -0.2) is 40.1 Å². The van der Waals surface area contributed by atoms with E-state index in [1.54, 1.807) is 6.07 Å². The average Bonchev–Trinajstić information content (AvgIpc) is 2.35. The first-order valence-electron chi connectivity index (χ1n) is 5.76. The summed E-state index contributed by atoms with van der Waals surface area (Å²) in [5.41, 5.74) is 0.783. The van der Waals surface area contributed by atoms with Gasteiger partial charge in [0.1, 0.15) is 5.75 Å². The maximum atomic E-state index is 11.0. The minimum atomic E-state index is -3.45. The molecule has 1 unspecified atom stereocenters. The van der Waals surface area contributed by atoms with Gasteiger partial charge in [-0.3, -0.25) is 4.18 Å². The third kappa shape index (κ3) is 3.51. The largest absolute Gasteiger partial charge is 0.504 e. The number of methoxy groups -OCH3 is 1. The summed E-state index contributed by atoms with van der Waals surface area (Å²) in [6.45, 7) is 0.374. The topological polar surface area (TPSA) is 82.1 Å². The second-order valence-electron chi connectivity index (χ2n) is 4.50. The first-order valence-corrected chi connectivity index (χ1v) is 7.58. The minimum Gasteiger partial charge on any atom is -0.504 e. The Hall–Kier alpha value is -1.47. The monoisotopic (exact) mass is 288 g/mol. The second kappa shape index (κ2) is 5.26. The van der Waals surface area contributed by atoms with Crippen LogP contribution in [0.2, 0.25) is 0 Å². The third-order valence-corrected chi connectivity index (χ3v) is 3.41. The van der Waals surface area contributed by atoms with Crippen molar-refractivity contribution < 1.29 is 27.2 Å². The van der Waals surface area contributed by atoms with E-state index in [-0.39, 0.29) is 18.3 Å². The smallest absolute Gasteiger partial charge is 0.264 e. The Morgan fingerprint density at radius 2 is 2.21 bits per heavy atom. The lowest BCUT2D eigenvalue weighted by atomic mass is 9.97. The molecule has 0 spiro atoms. The van der Waals surface area contributed by atoms with Crippen molar-refractivity contribution in [3.05, 3.63) is 17.7 Å². The highest BCUT2D eigenvalue weighted by molar-refractivity contribution is 7.85. The number of aromatic hydroxyl groups is 1. The van der Waals surface area contributed by atoms with Crippen molar-refractivity contribution in [3.8, 4) is 17.2 Å². The van der Waals surface area contributed by atoms with Crippen LogP contribution in [0.25, 0.3) is 0 Å². The molecule has 0 saturated carbocycles. The molecule has 0 aromatic heterocycles. The number of hydrogen-bond acceptors (Lipinski definition) is 6. The summed E-state index contributed by atoms with van der Waals surface area (Å²) in [4.78, 5) is 0. The van der Waals surface area contributed by atoms with E-state index in [1.807, 2.05) is 0 Å². The summed E-state index contributed by atoms with van der Waals surface area (Å²) in [5.74, 6) is 0.909. The average molecular weight is 288 g/mol. The van der Waals surface area contributed by atoms with Gasteiger partial charge in [0.25, 0.3) is 10.1 Å². The van der Waals surface area contributed by atoms with Crippen LogP contribution in [0.5, 0.6) is 17.2 Å². The number of phenols is 1. The fourth-order valence-corrected chi connectivity index (χ4v) is 2.42. The highest BCUT2D eigenvalue weighted by atomic mass is 32.2. The molecule has 0 radical (unpaired) electrons. The molecule has 1 heterocycles. The van der Waals surface area contributed by atoms with E-state index < -0.39 is 10.1 Å². The molecule has 0 amide bonds. The zero-order valence-electron chi connectivity index (χ0n) is 10.8. The van der Waals surface area contributed by atoms with Crippen LogP contribution in [0.15, 0.2) is 12.1 Å². The summed E-state index contributed by atoms with van der Waals surface area (Å²) in [5, 5.41) is 9.78. The fraction of sp³-hybridized carbons (Fsp3) is 0.500. The SMILES string of the molecule is COc1cc(O)c2c(c1)CC(COS(C)(=O)=O)CO2. The third-order valence-electron chi connectivity index (χ3n) is 2.85. The van der Waals surface area contributed by atoms with Gasteiger partial charge >= 0.3 is 0 Å². The molecule has 1 aliphatic heterocycles. The van der Waals surface area contributed by atoms with Crippen LogP contribution in [0.1, 0.15) is 5.56 Å². The van der Waals surface area contributed by atoms with Crippen molar-refractivity contribution in [2.24, 2.45) is 5.92 Å². The van der Waals surface area contributed by atoms with Gasteiger partial charge in [0.2, 0.25) is 0 Å². The highest BCUT2D eigenvalue weighted by Gasteiger charge is 2.24. The molecule has 0 saturated heterocycles. The maximum absolute atomic E-state index is 11.0. The van der Waals surface area contributed by atoms with Gasteiger partial charge in [0.05, 0.1) is 26.6 Å². The molecule has 0 aliphatic carbocycles. The van der Waals surface area contributed by atoms with Gasteiger partial charge in [-0.2, -0.15) is 8.42 Å². The Morgan fingerprint density at radius 1 is 1.47 bits per heavy atom. The molecule has 1 aliphatic rings. The van der Waals surface area contributed by atoms with E-state index in [1.165, 1.54) is 13.2 Å². The van der Waals surface area contributed by atoms with E-state index in [2.05, 4.69) is 0 Å². The first kappa shape index (κ1) is 14.0. The first-order chi connectivity index (χ1) is 8.89. The molecular formula is C12H16O6S. The van der Waals surface area contributed by atoms with Crippen LogP contribution < -0.4 is 9.47 Å². The zero-order chi connectivity index (χ0) is 14.0. The van der Waals surface area contributed by atoms with Gasteiger partial charge in [-0.1, -0.05) is 0 Å². The number of benzene rings is 1. The highest BCUT2D eigenvalue weighted by Crippen LogP contribution is 2.39. The number of rotatable bonds is 4. The Labute approximate surface area is 112 Å². The Kier molecular flexibility index (Phi) is 3.86. The normalized spacial score (nSPS) is 18.5. The van der Waals surface area contributed by atoms with Crippen molar-refractivity contribution >= 4 is 10.1 Å². The van der Waals surface area contributed by atoms with Crippen LogP contribution in [0.3, 0.4) is 0 Å². The lowest BCUT2D eigenvalue weighted by Crippen LogP contribution is -2.26. The Bertz CT molecular complexity index is 566. The van der Waals surface area contributed by atoms with Gasteiger partial charge in [0.15, 0.2) is 11.5 Å². The standard InChI is InChI=1S/C12H16O6S/c1-16-10-4-9-3-8(7-18-19(2,14)15)6-17-12(9)11(13)5-10/h4-5,8,13H,3,6-7H2,1-2H3. The number of ether oxygens (including phenoxy) is 2. The predicted octanol–water partition coefficient (Wildman–Crippen LogP) is 0.928. The molecule has 1 aromatic carbocycles. The molecular weight excluding hydrogens is 272 g/mol. The molecule has 0 bridgehead atoms. The molecule has 19 heavy (non-hydrogen) atoms. The summed E-state index contributed by atoms with van der Waals surface area (Å²) in [6.07, 6.45) is 1.58. The lowest BCUT2D eigenvalue weighted by Gasteiger charge is -2.25. The number of phenolic OH excluding ortho intramolecular Hbond substituents is 1. The quantitative estimate of drug-likeness (QED) is 0.830. The van der Waals surface area contributed by atoms with Gasteiger partial charge in [-0.15, -0.1) is 0 Å². The predicted molar refractivity (Wildman–Crippen MR) is 68.1 cm³/mol. The minimum absolute atomic E-state index is 0.0248. The maximum Gasteiger partial charge on any atom is 0.264 e. The van der Waals surface area contributed by atoms with Crippen molar-refractivity contribution in [1.82, 2.24) is 0 Å². The molecule has 2 rings (SSSR count). The number of fused-ring (bicyclic) bond motifs is 1. The van der Waals surface area contributed by atoms with Gasteiger partial charge in [-0.05, 0) is 12.5 Å². The van der Waals surface area contributed by atoms with E-state index in [0.29, 0.717) is 24.5 Å². The van der Waals surface area contributed by atoms with Crippen molar-refractivity contribution in [2.75, 3.05) is 26.6 Å². The van der Waals surface area contributed by atoms with E-state index in [0.717, 1.165) is 11.8 Å². The van der Waals surface area contributed by atoms with Crippen LogP contribution in [0.4, 0.5) is 0 Å². The summed E-state index contributed by atoms with van der Waals surface area (Å²) < 4.78 is 37.2. The Morgan fingerprint density at radius 3 is 2.84 bits per heavy atom. The van der Waals surface area contributed by atoms with E-state index >= 15 is 0 Å². The molecule has 6 nitrogen and oxygen atoms in total.